The Labute approximate surface area is 369 Å². The molecular formula is C57H41F3N4. The van der Waals surface area contributed by atoms with Crippen molar-refractivity contribution in [3.05, 3.63) is 191 Å². The molecule has 0 radical (unpaired) electrons. The lowest BCUT2D eigenvalue weighted by atomic mass is 9.86. The van der Waals surface area contributed by atoms with Crippen LogP contribution in [0, 0.1) is 34.6 Å². The van der Waals surface area contributed by atoms with Crippen LogP contribution in [0.15, 0.2) is 158 Å². The van der Waals surface area contributed by atoms with Crippen LogP contribution >= 0.6 is 0 Å². The first-order valence-corrected chi connectivity index (χ1v) is 21.4. The lowest BCUT2D eigenvalue weighted by Crippen LogP contribution is -2.08. The third-order valence-electron chi connectivity index (χ3n) is 12.6. The van der Waals surface area contributed by atoms with Crippen LogP contribution in [0.25, 0.3) is 106 Å². The molecule has 0 aliphatic carbocycles. The number of aromatic nitrogens is 4. The van der Waals surface area contributed by atoms with E-state index in [-0.39, 0.29) is 5.56 Å². The van der Waals surface area contributed by atoms with E-state index in [0.717, 1.165) is 77.6 Å². The van der Waals surface area contributed by atoms with Gasteiger partial charge >= 0.3 is 6.18 Å². The molecule has 1 aliphatic rings. The zero-order chi connectivity index (χ0) is 44.0. The maximum atomic E-state index is 15.2. The first-order valence-electron chi connectivity index (χ1n) is 21.4. The molecule has 7 heteroatoms. The van der Waals surface area contributed by atoms with Gasteiger partial charge in [-0.1, -0.05) is 139 Å². The van der Waals surface area contributed by atoms with E-state index in [1.807, 2.05) is 92.7 Å². The summed E-state index contributed by atoms with van der Waals surface area (Å²) in [5.74, 6) is 1.54. The van der Waals surface area contributed by atoms with Crippen molar-refractivity contribution in [1.29, 1.82) is 0 Å². The normalized spacial score (nSPS) is 12.1. The second-order valence-corrected chi connectivity index (χ2v) is 17.1. The third-order valence-corrected chi connectivity index (χ3v) is 12.6. The van der Waals surface area contributed by atoms with Crippen molar-refractivity contribution < 1.29 is 13.2 Å². The maximum absolute atomic E-state index is 15.2. The number of fused-ring (bicyclic) bond motifs is 12. The molecule has 10 aromatic rings. The average molecular weight is 839 g/mol. The Bertz CT molecular complexity index is 3450. The van der Waals surface area contributed by atoms with Crippen LogP contribution in [0.1, 0.15) is 33.4 Å². The first kappa shape index (κ1) is 39.2. The zero-order valence-corrected chi connectivity index (χ0v) is 35.9. The van der Waals surface area contributed by atoms with Gasteiger partial charge in [-0.3, -0.25) is 0 Å². The van der Waals surface area contributed by atoms with Crippen LogP contribution in [-0.4, -0.2) is 19.5 Å². The topological polar surface area (TPSA) is 43.6 Å². The van der Waals surface area contributed by atoms with Crippen molar-refractivity contribution in [3.63, 3.8) is 0 Å². The summed E-state index contributed by atoms with van der Waals surface area (Å²) in [7, 11) is 0. The molecule has 0 N–H and O–H groups in total. The van der Waals surface area contributed by atoms with E-state index in [4.69, 9.17) is 15.0 Å². The van der Waals surface area contributed by atoms with Gasteiger partial charge in [0.1, 0.15) is 0 Å². The quantitative estimate of drug-likeness (QED) is 0.177. The van der Waals surface area contributed by atoms with E-state index in [1.165, 1.54) is 28.3 Å². The predicted octanol–water partition coefficient (Wildman–Crippen LogP) is 15.5. The molecule has 0 spiro atoms. The minimum Gasteiger partial charge on any atom is -0.309 e. The minimum absolute atomic E-state index is 0.142. The van der Waals surface area contributed by atoms with Crippen molar-refractivity contribution in [2.75, 3.05) is 0 Å². The van der Waals surface area contributed by atoms with E-state index in [9.17, 15) is 0 Å². The number of nitrogens with zero attached hydrogens (tertiary/aromatic N) is 4. The molecule has 64 heavy (non-hydrogen) atoms. The van der Waals surface area contributed by atoms with Crippen LogP contribution in [0.5, 0.6) is 0 Å². The highest BCUT2D eigenvalue weighted by atomic mass is 19.4. The predicted molar refractivity (Wildman–Crippen MR) is 254 cm³/mol. The highest BCUT2D eigenvalue weighted by Crippen LogP contribution is 2.48. The Morgan fingerprint density at radius 1 is 0.391 bits per heavy atom. The number of hydrogen-bond donors (Lipinski definition) is 0. The summed E-state index contributed by atoms with van der Waals surface area (Å²) < 4.78 is 47.8. The number of hydrogen-bond acceptors (Lipinski definition) is 3. The van der Waals surface area contributed by atoms with Crippen LogP contribution in [0.4, 0.5) is 13.2 Å². The number of benzene rings is 8. The fourth-order valence-corrected chi connectivity index (χ4v) is 10.0. The Kier molecular flexibility index (Phi) is 9.03. The SMILES string of the molecule is Cc1cc(C)c(-c2ccc3c4ccc5cc4n(c3c2)-c2cc(-c3nc(-c4ccccc4)nc(-c4ccccc4)n3)ccc2-c2ccc(C(F)(F)F)c(c2)-c2cc(C)cc(C)c2-5)c(C)c1. The molecule has 0 fully saturated rings. The molecule has 11 rings (SSSR count). The summed E-state index contributed by atoms with van der Waals surface area (Å²) in [4.78, 5) is 15.1. The lowest BCUT2D eigenvalue weighted by Gasteiger charge is -2.20. The molecule has 0 saturated carbocycles. The van der Waals surface area contributed by atoms with Gasteiger partial charge < -0.3 is 4.57 Å². The summed E-state index contributed by atoms with van der Waals surface area (Å²) in [5.41, 5.74) is 15.8. The molecule has 310 valence electrons. The van der Waals surface area contributed by atoms with Gasteiger partial charge in [0, 0.05) is 33.0 Å². The summed E-state index contributed by atoms with van der Waals surface area (Å²) in [6.07, 6.45) is -4.59. The average Bonchev–Trinajstić information content (AvgIpc) is 3.60. The van der Waals surface area contributed by atoms with Crippen molar-refractivity contribution in [1.82, 2.24) is 19.5 Å². The van der Waals surface area contributed by atoms with E-state index < -0.39 is 11.7 Å². The molecule has 1 aliphatic heterocycles. The molecule has 0 amide bonds. The summed E-state index contributed by atoms with van der Waals surface area (Å²) >= 11 is 0. The fourth-order valence-electron chi connectivity index (χ4n) is 10.0. The molecular weight excluding hydrogens is 798 g/mol. The zero-order valence-electron chi connectivity index (χ0n) is 35.9. The number of rotatable bonds is 4. The molecule has 2 aromatic heterocycles. The van der Waals surface area contributed by atoms with Crippen molar-refractivity contribution in [2.24, 2.45) is 0 Å². The van der Waals surface area contributed by atoms with Gasteiger partial charge in [0.2, 0.25) is 0 Å². The Morgan fingerprint density at radius 3 is 1.44 bits per heavy atom. The van der Waals surface area contributed by atoms with Gasteiger partial charge in [0.15, 0.2) is 17.5 Å². The van der Waals surface area contributed by atoms with Crippen molar-refractivity contribution >= 4 is 21.8 Å². The highest BCUT2D eigenvalue weighted by Gasteiger charge is 2.35. The van der Waals surface area contributed by atoms with Crippen LogP contribution in [0.2, 0.25) is 0 Å². The Morgan fingerprint density at radius 2 is 0.875 bits per heavy atom. The second kappa shape index (κ2) is 14.7. The summed E-state index contributed by atoms with van der Waals surface area (Å²) in [6, 6.07) is 51.8. The maximum Gasteiger partial charge on any atom is 0.417 e. The van der Waals surface area contributed by atoms with Gasteiger partial charge in [-0.25, -0.2) is 15.0 Å². The van der Waals surface area contributed by atoms with Crippen LogP contribution < -0.4 is 0 Å². The fraction of sp³-hybridized carbons (Fsp3) is 0.105. The number of halogens is 3. The lowest BCUT2D eigenvalue weighted by molar-refractivity contribution is -0.137. The van der Waals surface area contributed by atoms with Gasteiger partial charge in [-0.2, -0.15) is 13.2 Å². The molecule has 8 aromatic carbocycles. The summed E-state index contributed by atoms with van der Waals surface area (Å²) in [6.45, 7) is 10.4. The van der Waals surface area contributed by atoms with E-state index in [1.54, 1.807) is 12.1 Å². The summed E-state index contributed by atoms with van der Waals surface area (Å²) in [5, 5.41) is 2.10. The largest absolute Gasteiger partial charge is 0.417 e. The van der Waals surface area contributed by atoms with Crippen molar-refractivity contribution in [2.45, 2.75) is 40.8 Å². The molecule has 4 nitrogen and oxygen atoms in total. The second-order valence-electron chi connectivity index (χ2n) is 17.1. The molecule has 0 atom stereocenters. The third kappa shape index (κ3) is 6.50. The van der Waals surface area contributed by atoms with Gasteiger partial charge in [-0.05, 0) is 121 Å². The van der Waals surface area contributed by atoms with E-state index >= 15 is 13.2 Å². The molecule has 0 saturated heterocycles. The monoisotopic (exact) mass is 838 g/mol. The highest BCUT2D eigenvalue weighted by molar-refractivity contribution is 6.12. The number of aryl methyl sites for hydroxylation is 5. The molecule has 3 heterocycles. The number of alkyl halides is 3. The van der Waals surface area contributed by atoms with Gasteiger partial charge in [0.05, 0.1) is 22.3 Å². The first-order chi connectivity index (χ1) is 30.9. The smallest absolute Gasteiger partial charge is 0.309 e. The van der Waals surface area contributed by atoms with Crippen LogP contribution in [-0.2, 0) is 6.18 Å². The van der Waals surface area contributed by atoms with Crippen molar-refractivity contribution in [3.8, 4) is 84.4 Å². The minimum atomic E-state index is -4.59. The molecule has 0 unspecified atom stereocenters. The Hall–Kier alpha value is -7.64. The Balaban J connectivity index is 1.27. The van der Waals surface area contributed by atoms with E-state index in [0.29, 0.717) is 28.6 Å². The van der Waals surface area contributed by atoms with Gasteiger partial charge in [-0.15, -0.1) is 0 Å². The van der Waals surface area contributed by atoms with Gasteiger partial charge in [0.25, 0.3) is 0 Å². The van der Waals surface area contributed by atoms with E-state index in [2.05, 4.69) is 86.0 Å². The standard InChI is InChI=1S/C57H41F3N4/c1-32-24-34(3)52(35(4)25-32)40-16-21-44-45-22-17-41-30-51(45)64(50(44)29-40)49-31-42(56-62-54(37-12-8-6-9-13-37)61-55(63-56)38-14-10-7-11-15-38)18-20-43(49)39-19-23-48(57(58,59)60)46(28-39)47-27-33(2)26-36(5)53(41)47/h6-31H,1-5H3. The molecule has 4 bridgehead atoms. The van der Waals surface area contributed by atoms with Crippen LogP contribution in [0.3, 0.4) is 0 Å².